The average molecular weight is 295 g/mol. The molecule has 106 valence electrons. The summed E-state index contributed by atoms with van der Waals surface area (Å²) in [5.74, 6) is 0.959. The van der Waals surface area contributed by atoms with Crippen LogP contribution in [0.1, 0.15) is 29.3 Å². The van der Waals surface area contributed by atoms with Gasteiger partial charge in [0.05, 0.1) is 5.39 Å². The largest absolute Gasteiger partial charge is 0.339 e. The number of aryl methyl sites for hydroxylation is 3. The summed E-state index contributed by atoms with van der Waals surface area (Å²) >= 11 is 1.83. The molecule has 0 saturated carbocycles. The second-order valence-electron chi connectivity index (χ2n) is 5.40. The van der Waals surface area contributed by atoms with E-state index in [9.17, 15) is 0 Å². The molecule has 4 heteroatoms. The average Bonchev–Trinajstić information content (AvgIpc) is 3.08. The number of hydrogen-bond donors (Lipinski definition) is 1. The van der Waals surface area contributed by atoms with Crippen molar-refractivity contribution < 1.29 is 0 Å². The van der Waals surface area contributed by atoms with Crippen LogP contribution in [0.4, 0.5) is 11.5 Å². The Kier molecular flexibility index (Phi) is 3.11. The van der Waals surface area contributed by atoms with Gasteiger partial charge in [-0.05, 0) is 42.9 Å². The van der Waals surface area contributed by atoms with E-state index >= 15 is 0 Å². The Balaban J connectivity index is 1.83. The van der Waals surface area contributed by atoms with Gasteiger partial charge in [0.25, 0.3) is 0 Å². The maximum atomic E-state index is 4.51. The van der Waals surface area contributed by atoms with Gasteiger partial charge < -0.3 is 5.32 Å². The molecule has 1 N–H and O–H groups in total. The van der Waals surface area contributed by atoms with Crippen molar-refractivity contribution in [3.63, 3.8) is 0 Å². The topological polar surface area (TPSA) is 37.8 Å². The van der Waals surface area contributed by atoms with Crippen LogP contribution >= 0.6 is 11.3 Å². The van der Waals surface area contributed by atoms with E-state index in [0.717, 1.165) is 29.2 Å². The quantitative estimate of drug-likeness (QED) is 0.774. The standard InChI is InChI=1S/C17H17N3S/c1-2-11-6-3-4-8-13(11)20-16-15-12-7-5-9-14(12)21-17(15)19-10-18-16/h3-4,6,8,10H,2,5,7,9H2,1H3,(H,18,19,20). The summed E-state index contributed by atoms with van der Waals surface area (Å²) in [7, 11) is 0. The molecule has 0 fully saturated rings. The Morgan fingerprint density at radius 2 is 2.10 bits per heavy atom. The smallest absolute Gasteiger partial charge is 0.142 e. The summed E-state index contributed by atoms with van der Waals surface area (Å²) in [6.07, 6.45) is 6.30. The third kappa shape index (κ3) is 2.10. The Morgan fingerprint density at radius 3 is 3.00 bits per heavy atom. The highest BCUT2D eigenvalue weighted by Gasteiger charge is 2.21. The normalized spacial score (nSPS) is 13.6. The van der Waals surface area contributed by atoms with E-state index in [2.05, 4.69) is 46.5 Å². The van der Waals surface area contributed by atoms with Crippen LogP contribution in [0.25, 0.3) is 10.2 Å². The summed E-state index contributed by atoms with van der Waals surface area (Å²) in [6, 6.07) is 8.44. The van der Waals surface area contributed by atoms with Gasteiger partial charge in [0.1, 0.15) is 17.0 Å². The Bertz CT molecular complexity index is 807. The van der Waals surface area contributed by atoms with Gasteiger partial charge in [-0.2, -0.15) is 0 Å². The molecule has 0 spiro atoms. The van der Waals surface area contributed by atoms with Crippen molar-refractivity contribution in [1.29, 1.82) is 0 Å². The van der Waals surface area contributed by atoms with E-state index in [1.807, 2.05) is 11.3 Å². The van der Waals surface area contributed by atoms with Gasteiger partial charge in [-0.25, -0.2) is 9.97 Å². The minimum absolute atomic E-state index is 0.959. The van der Waals surface area contributed by atoms with E-state index in [1.165, 1.54) is 34.2 Å². The molecule has 0 amide bonds. The monoisotopic (exact) mass is 295 g/mol. The zero-order valence-corrected chi connectivity index (χ0v) is 12.8. The SMILES string of the molecule is CCc1ccccc1Nc1ncnc2sc3c(c12)CCC3. The van der Waals surface area contributed by atoms with Crippen molar-refractivity contribution in [2.75, 3.05) is 5.32 Å². The van der Waals surface area contributed by atoms with Gasteiger partial charge in [0.2, 0.25) is 0 Å². The number of hydrogen-bond acceptors (Lipinski definition) is 4. The molecule has 4 rings (SSSR count). The summed E-state index contributed by atoms with van der Waals surface area (Å²) in [5, 5.41) is 4.77. The Labute approximate surface area is 128 Å². The molecule has 0 atom stereocenters. The summed E-state index contributed by atoms with van der Waals surface area (Å²) in [6.45, 7) is 2.18. The van der Waals surface area contributed by atoms with Gasteiger partial charge >= 0.3 is 0 Å². The highest BCUT2D eigenvalue weighted by molar-refractivity contribution is 7.19. The zero-order valence-electron chi connectivity index (χ0n) is 12.0. The minimum Gasteiger partial charge on any atom is -0.339 e. The number of para-hydroxylation sites is 1. The molecule has 0 radical (unpaired) electrons. The summed E-state index contributed by atoms with van der Waals surface area (Å²) in [5.41, 5.74) is 3.93. The number of nitrogens with one attached hydrogen (secondary N) is 1. The lowest BCUT2D eigenvalue weighted by molar-refractivity contribution is 0.917. The molecule has 0 bridgehead atoms. The van der Waals surface area contributed by atoms with Crippen LogP contribution in [-0.2, 0) is 19.3 Å². The first kappa shape index (κ1) is 12.8. The van der Waals surface area contributed by atoms with Crippen molar-refractivity contribution in [2.45, 2.75) is 32.6 Å². The minimum atomic E-state index is 0.959. The fourth-order valence-electron chi connectivity index (χ4n) is 3.10. The van der Waals surface area contributed by atoms with Crippen LogP contribution < -0.4 is 5.32 Å². The second kappa shape index (κ2) is 5.11. The number of benzene rings is 1. The third-order valence-corrected chi connectivity index (χ3v) is 5.35. The summed E-state index contributed by atoms with van der Waals surface area (Å²) < 4.78 is 0. The predicted octanol–water partition coefficient (Wildman–Crippen LogP) is 4.49. The number of fused-ring (bicyclic) bond motifs is 3. The van der Waals surface area contributed by atoms with E-state index in [4.69, 9.17) is 0 Å². The van der Waals surface area contributed by atoms with Crippen molar-refractivity contribution in [1.82, 2.24) is 9.97 Å². The third-order valence-electron chi connectivity index (χ3n) is 4.15. The van der Waals surface area contributed by atoms with Crippen LogP contribution in [0.5, 0.6) is 0 Å². The molecule has 0 unspecified atom stereocenters. The highest BCUT2D eigenvalue weighted by Crippen LogP contribution is 2.39. The molecule has 21 heavy (non-hydrogen) atoms. The number of anilines is 2. The van der Waals surface area contributed by atoms with Crippen molar-refractivity contribution in [3.8, 4) is 0 Å². The molecular formula is C17H17N3S. The molecule has 0 saturated heterocycles. The van der Waals surface area contributed by atoms with Crippen molar-refractivity contribution in [3.05, 3.63) is 46.6 Å². The lowest BCUT2D eigenvalue weighted by Gasteiger charge is -2.11. The first-order valence-corrected chi connectivity index (χ1v) is 8.28. The van der Waals surface area contributed by atoms with Crippen LogP contribution in [0.15, 0.2) is 30.6 Å². The highest BCUT2D eigenvalue weighted by atomic mass is 32.1. The molecular weight excluding hydrogens is 278 g/mol. The lowest BCUT2D eigenvalue weighted by Crippen LogP contribution is -1.99. The fourth-order valence-corrected chi connectivity index (χ4v) is 4.33. The Morgan fingerprint density at radius 1 is 1.19 bits per heavy atom. The van der Waals surface area contributed by atoms with Gasteiger partial charge in [0.15, 0.2) is 0 Å². The fraction of sp³-hybridized carbons (Fsp3) is 0.294. The first-order valence-electron chi connectivity index (χ1n) is 7.47. The number of nitrogens with zero attached hydrogens (tertiary/aromatic N) is 2. The maximum Gasteiger partial charge on any atom is 0.142 e. The van der Waals surface area contributed by atoms with Crippen molar-refractivity contribution >= 4 is 33.1 Å². The van der Waals surface area contributed by atoms with E-state index < -0.39 is 0 Å². The Hall–Kier alpha value is -1.94. The number of aromatic nitrogens is 2. The lowest BCUT2D eigenvalue weighted by atomic mass is 10.1. The van der Waals surface area contributed by atoms with Crippen LogP contribution in [-0.4, -0.2) is 9.97 Å². The van der Waals surface area contributed by atoms with Crippen molar-refractivity contribution in [2.24, 2.45) is 0 Å². The second-order valence-corrected chi connectivity index (χ2v) is 6.48. The predicted molar refractivity (Wildman–Crippen MR) is 88.5 cm³/mol. The zero-order chi connectivity index (χ0) is 14.2. The van der Waals surface area contributed by atoms with Crippen LogP contribution in [0, 0.1) is 0 Å². The molecule has 2 heterocycles. The van der Waals surface area contributed by atoms with Crippen LogP contribution in [0.2, 0.25) is 0 Å². The number of rotatable bonds is 3. The molecule has 1 aliphatic rings. The van der Waals surface area contributed by atoms with Gasteiger partial charge in [-0.3, -0.25) is 0 Å². The van der Waals surface area contributed by atoms with E-state index in [0.29, 0.717) is 0 Å². The first-order chi connectivity index (χ1) is 10.4. The molecule has 1 aromatic carbocycles. The molecule has 0 aliphatic heterocycles. The van der Waals surface area contributed by atoms with Gasteiger partial charge in [-0.15, -0.1) is 11.3 Å². The molecule has 2 aromatic heterocycles. The van der Waals surface area contributed by atoms with Gasteiger partial charge in [0, 0.05) is 10.6 Å². The van der Waals surface area contributed by atoms with Crippen LogP contribution in [0.3, 0.4) is 0 Å². The summed E-state index contributed by atoms with van der Waals surface area (Å²) in [4.78, 5) is 11.6. The van der Waals surface area contributed by atoms with Gasteiger partial charge in [-0.1, -0.05) is 25.1 Å². The molecule has 3 aromatic rings. The number of thiophene rings is 1. The van der Waals surface area contributed by atoms with E-state index in [1.54, 1.807) is 6.33 Å². The van der Waals surface area contributed by atoms with E-state index in [-0.39, 0.29) is 0 Å². The molecule has 3 nitrogen and oxygen atoms in total. The molecule has 1 aliphatic carbocycles. The maximum absolute atomic E-state index is 4.51.